The number of aryl methyl sites for hydroxylation is 2. The molecule has 1 fully saturated rings. The highest BCUT2D eigenvalue weighted by atomic mass is 32.1. The monoisotopic (exact) mass is 631 g/mol. The van der Waals surface area contributed by atoms with Gasteiger partial charge in [-0.3, -0.25) is 14.5 Å². The summed E-state index contributed by atoms with van der Waals surface area (Å²) in [6.07, 6.45) is 0. The van der Waals surface area contributed by atoms with E-state index in [2.05, 4.69) is 48.3 Å². The minimum absolute atomic E-state index is 0.0392. The topological polar surface area (TPSA) is 78.4 Å². The van der Waals surface area contributed by atoms with Crippen LogP contribution < -0.4 is 5.32 Å². The quantitative estimate of drug-likeness (QED) is 0.204. The summed E-state index contributed by atoms with van der Waals surface area (Å²) in [6.45, 7) is 8.16. The molecule has 0 spiro atoms. The van der Waals surface area contributed by atoms with E-state index in [1.54, 1.807) is 22.7 Å². The van der Waals surface area contributed by atoms with Crippen molar-refractivity contribution in [3.63, 3.8) is 0 Å². The number of rotatable bonds is 7. The normalized spacial score (nSPS) is 13.9. The molecule has 45 heavy (non-hydrogen) atoms. The summed E-state index contributed by atoms with van der Waals surface area (Å²) < 4.78 is 0. The van der Waals surface area contributed by atoms with Crippen molar-refractivity contribution < 1.29 is 9.59 Å². The number of thiophene rings is 2. The predicted octanol–water partition coefficient (Wildman–Crippen LogP) is 7.04. The maximum Gasteiger partial charge on any atom is 0.254 e. The molecule has 0 saturated carbocycles. The maximum absolute atomic E-state index is 13.8. The van der Waals surface area contributed by atoms with Gasteiger partial charge in [0.15, 0.2) is 0 Å². The fraction of sp³-hybridized carbons (Fsp3) is 0.222. The highest BCUT2D eigenvalue weighted by Crippen LogP contribution is 2.31. The first-order chi connectivity index (χ1) is 21.9. The lowest BCUT2D eigenvalue weighted by atomic mass is 10.1. The molecule has 2 amide bonds. The first-order valence-electron chi connectivity index (χ1n) is 15.2. The lowest BCUT2D eigenvalue weighted by Crippen LogP contribution is -2.50. The minimum Gasteiger partial charge on any atom is -0.351 e. The van der Waals surface area contributed by atoms with Gasteiger partial charge < -0.3 is 10.2 Å². The van der Waals surface area contributed by atoms with Crippen LogP contribution in [-0.2, 0) is 0 Å². The van der Waals surface area contributed by atoms with Crippen molar-refractivity contribution in [3.05, 3.63) is 106 Å². The number of hydrogen-bond donors (Lipinski definition) is 1. The third-order valence-electron chi connectivity index (χ3n) is 8.27. The molecule has 0 atom stereocenters. The van der Waals surface area contributed by atoms with Gasteiger partial charge >= 0.3 is 0 Å². The number of hydrogen-bond acceptors (Lipinski definition) is 7. The molecule has 1 aliphatic heterocycles. The zero-order valence-electron chi connectivity index (χ0n) is 25.2. The largest absolute Gasteiger partial charge is 0.351 e. The van der Waals surface area contributed by atoms with E-state index >= 15 is 0 Å². The summed E-state index contributed by atoms with van der Waals surface area (Å²) in [7, 11) is 0. The number of benzene rings is 2. The molecule has 7 rings (SSSR count). The molecule has 7 nitrogen and oxygen atoms in total. The van der Waals surface area contributed by atoms with Gasteiger partial charge in [0.1, 0.15) is 0 Å². The van der Waals surface area contributed by atoms with E-state index in [1.807, 2.05) is 65.6 Å². The molecule has 1 N–H and O–H groups in total. The second-order valence-corrected chi connectivity index (χ2v) is 13.9. The van der Waals surface area contributed by atoms with Crippen LogP contribution in [0.4, 0.5) is 0 Å². The molecule has 0 unspecified atom stereocenters. The number of fused-ring (bicyclic) bond motifs is 2. The van der Waals surface area contributed by atoms with Crippen LogP contribution in [0.3, 0.4) is 0 Å². The van der Waals surface area contributed by atoms with Crippen LogP contribution in [0.1, 0.15) is 30.5 Å². The number of aromatic nitrogens is 2. The summed E-state index contributed by atoms with van der Waals surface area (Å²) in [6, 6.07) is 27.8. The van der Waals surface area contributed by atoms with Crippen molar-refractivity contribution in [3.8, 4) is 21.1 Å². The fourth-order valence-corrected chi connectivity index (χ4v) is 7.54. The lowest BCUT2D eigenvalue weighted by molar-refractivity contribution is 0.0640. The van der Waals surface area contributed by atoms with Crippen molar-refractivity contribution in [2.24, 2.45) is 0 Å². The molecule has 6 aromatic rings. The molecular formula is C36H33N5O2S2. The Balaban J connectivity index is 0.998. The molecule has 9 heteroatoms. The van der Waals surface area contributed by atoms with Crippen LogP contribution in [0.15, 0.2) is 84.9 Å². The van der Waals surface area contributed by atoms with Gasteiger partial charge in [0, 0.05) is 59.8 Å². The highest BCUT2D eigenvalue weighted by molar-refractivity contribution is 7.15. The Bertz CT molecular complexity index is 2040. The van der Waals surface area contributed by atoms with Crippen molar-refractivity contribution in [1.82, 2.24) is 25.1 Å². The second kappa shape index (κ2) is 12.5. The standard InChI is InChI=1S/C36H33N5O2S2/c1-23-11-13-33(44-23)31-21-27(25-7-3-5-9-29(25)38-31)35(42)37-15-16-40-17-19-41(20-18-40)36(43)28-22-32(34-14-12-24(2)45-34)39-30-10-6-4-8-26(28)30/h3-14,21-22H,15-20H2,1-2H3,(H,37,42). The number of nitrogens with one attached hydrogen (secondary N) is 1. The summed E-state index contributed by atoms with van der Waals surface area (Å²) in [5.41, 5.74) is 4.63. The van der Waals surface area contributed by atoms with E-state index < -0.39 is 0 Å². The van der Waals surface area contributed by atoms with Gasteiger partial charge in [-0.2, -0.15) is 0 Å². The van der Waals surface area contributed by atoms with Gasteiger partial charge in [0.2, 0.25) is 0 Å². The van der Waals surface area contributed by atoms with Crippen LogP contribution in [0.5, 0.6) is 0 Å². The smallest absolute Gasteiger partial charge is 0.254 e. The lowest BCUT2D eigenvalue weighted by Gasteiger charge is -2.35. The van der Waals surface area contributed by atoms with Crippen molar-refractivity contribution in [1.29, 1.82) is 0 Å². The average Bonchev–Trinajstić information content (AvgIpc) is 3.71. The van der Waals surface area contributed by atoms with E-state index in [4.69, 9.17) is 9.97 Å². The number of carbonyl (C=O) groups excluding carboxylic acids is 2. The second-order valence-electron chi connectivity index (χ2n) is 11.4. The third-order valence-corrected chi connectivity index (χ3v) is 10.3. The summed E-state index contributed by atoms with van der Waals surface area (Å²) in [5.74, 6) is -0.0596. The van der Waals surface area contributed by atoms with Crippen LogP contribution in [-0.4, -0.2) is 70.9 Å². The highest BCUT2D eigenvalue weighted by Gasteiger charge is 2.25. The number of carbonyl (C=O) groups is 2. The zero-order valence-corrected chi connectivity index (χ0v) is 26.9. The van der Waals surface area contributed by atoms with E-state index in [1.165, 1.54) is 9.75 Å². The molecule has 2 aromatic carbocycles. The Morgan fingerprint density at radius 1 is 0.711 bits per heavy atom. The van der Waals surface area contributed by atoms with Gasteiger partial charge in [-0.25, -0.2) is 9.97 Å². The van der Waals surface area contributed by atoms with Gasteiger partial charge in [0.25, 0.3) is 11.8 Å². The van der Waals surface area contributed by atoms with Crippen molar-refractivity contribution in [2.45, 2.75) is 13.8 Å². The van der Waals surface area contributed by atoms with E-state index in [0.717, 1.165) is 56.0 Å². The molecule has 0 bridgehead atoms. The maximum atomic E-state index is 13.8. The predicted molar refractivity (Wildman–Crippen MR) is 184 cm³/mol. The van der Waals surface area contributed by atoms with Crippen LogP contribution >= 0.6 is 22.7 Å². The Labute approximate surface area is 270 Å². The van der Waals surface area contributed by atoms with Crippen LogP contribution in [0.2, 0.25) is 0 Å². The number of nitrogens with zero attached hydrogens (tertiary/aromatic N) is 4. The Morgan fingerprint density at radius 2 is 1.24 bits per heavy atom. The van der Waals surface area contributed by atoms with Crippen molar-refractivity contribution in [2.75, 3.05) is 39.3 Å². The third kappa shape index (κ3) is 6.11. The number of piperazine rings is 1. The van der Waals surface area contributed by atoms with Gasteiger partial charge in [0.05, 0.1) is 43.3 Å². The zero-order chi connectivity index (χ0) is 30.9. The molecular weight excluding hydrogens is 599 g/mol. The average molecular weight is 632 g/mol. The summed E-state index contributed by atoms with van der Waals surface area (Å²) in [4.78, 5) is 45.7. The number of amides is 2. The van der Waals surface area contributed by atoms with Crippen molar-refractivity contribution >= 4 is 56.3 Å². The van der Waals surface area contributed by atoms with E-state index in [9.17, 15) is 9.59 Å². The molecule has 4 aromatic heterocycles. The Kier molecular flexibility index (Phi) is 8.14. The number of pyridine rings is 2. The summed E-state index contributed by atoms with van der Waals surface area (Å²) >= 11 is 3.36. The molecule has 1 aliphatic rings. The molecule has 0 radical (unpaired) electrons. The molecule has 226 valence electrons. The Hall–Kier alpha value is -4.44. The van der Waals surface area contributed by atoms with Gasteiger partial charge in [-0.05, 0) is 62.4 Å². The molecule has 0 aliphatic carbocycles. The van der Waals surface area contributed by atoms with Gasteiger partial charge in [-0.15, -0.1) is 22.7 Å². The summed E-state index contributed by atoms with van der Waals surface area (Å²) in [5, 5.41) is 4.86. The molecule has 1 saturated heterocycles. The van der Waals surface area contributed by atoms with Crippen LogP contribution in [0, 0.1) is 13.8 Å². The molecule has 5 heterocycles. The SMILES string of the molecule is Cc1ccc(-c2cc(C(=O)NCCN3CCN(C(=O)c4cc(-c5ccc(C)s5)nc5ccccc45)CC3)c3ccccc3n2)s1. The van der Waals surface area contributed by atoms with E-state index in [0.29, 0.717) is 37.3 Å². The van der Waals surface area contributed by atoms with E-state index in [-0.39, 0.29) is 11.8 Å². The first-order valence-corrected chi connectivity index (χ1v) is 16.8. The Morgan fingerprint density at radius 3 is 1.80 bits per heavy atom. The van der Waals surface area contributed by atoms with Gasteiger partial charge in [-0.1, -0.05) is 36.4 Å². The minimum atomic E-state index is -0.0988. The first kappa shape index (κ1) is 29.3. The van der Waals surface area contributed by atoms with Crippen LogP contribution in [0.25, 0.3) is 42.9 Å². The fourth-order valence-electron chi connectivity index (χ4n) is 5.88. The number of para-hydroxylation sites is 2.